The van der Waals surface area contributed by atoms with Crippen molar-refractivity contribution in [2.45, 2.75) is 19.9 Å². The van der Waals surface area contributed by atoms with Gasteiger partial charge in [-0.05, 0) is 37.1 Å². The van der Waals surface area contributed by atoms with Crippen LogP contribution in [0.5, 0.6) is 0 Å². The molecule has 1 aromatic heterocycles. The van der Waals surface area contributed by atoms with Crippen LogP contribution in [-0.2, 0) is 0 Å². The lowest BCUT2D eigenvalue weighted by Gasteiger charge is -2.09. The number of aromatic nitrogens is 1. The topological polar surface area (TPSA) is 38.9 Å². The fourth-order valence-electron chi connectivity index (χ4n) is 1.67. The zero-order valence-electron chi connectivity index (χ0n) is 8.49. The molecular formula is C12H14N2. The number of aryl methyl sites for hydroxylation is 1. The molecule has 2 heteroatoms. The van der Waals surface area contributed by atoms with Gasteiger partial charge in [0.2, 0.25) is 0 Å². The first-order valence-corrected chi connectivity index (χ1v) is 4.79. The van der Waals surface area contributed by atoms with Gasteiger partial charge in [-0.3, -0.25) is 4.98 Å². The SMILES string of the molecule is Cc1cc(C(C)N)cc2cccnc12. The maximum absolute atomic E-state index is 5.85. The fourth-order valence-corrected chi connectivity index (χ4v) is 1.67. The van der Waals surface area contributed by atoms with Crippen molar-refractivity contribution in [2.24, 2.45) is 5.73 Å². The second-order valence-electron chi connectivity index (χ2n) is 3.70. The van der Waals surface area contributed by atoms with Gasteiger partial charge in [-0.1, -0.05) is 12.1 Å². The van der Waals surface area contributed by atoms with E-state index in [1.54, 1.807) is 0 Å². The van der Waals surface area contributed by atoms with E-state index in [-0.39, 0.29) is 6.04 Å². The minimum Gasteiger partial charge on any atom is -0.324 e. The standard InChI is InChI=1S/C12H14N2/c1-8-6-11(9(2)13)7-10-4-3-5-14-12(8)10/h3-7,9H,13H2,1-2H3. The summed E-state index contributed by atoms with van der Waals surface area (Å²) in [6.45, 7) is 4.07. The second kappa shape index (κ2) is 3.39. The highest BCUT2D eigenvalue weighted by Gasteiger charge is 2.04. The van der Waals surface area contributed by atoms with Crippen molar-refractivity contribution in [3.05, 3.63) is 41.6 Å². The zero-order chi connectivity index (χ0) is 10.1. The van der Waals surface area contributed by atoms with Crippen LogP contribution >= 0.6 is 0 Å². The van der Waals surface area contributed by atoms with E-state index >= 15 is 0 Å². The fraction of sp³-hybridized carbons (Fsp3) is 0.250. The van der Waals surface area contributed by atoms with E-state index in [1.807, 2.05) is 19.2 Å². The number of benzene rings is 1. The summed E-state index contributed by atoms with van der Waals surface area (Å²) in [6, 6.07) is 8.33. The van der Waals surface area contributed by atoms with Crippen LogP contribution in [0.3, 0.4) is 0 Å². The maximum atomic E-state index is 5.85. The normalized spacial score (nSPS) is 13.1. The first-order chi connectivity index (χ1) is 6.68. The van der Waals surface area contributed by atoms with E-state index in [9.17, 15) is 0 Å². The molecule has 1 aromatic carbocycles. The molecule has 0 aliphatic rings. The number of pyridine rings is 1. The summed E-state index contributed by atoms with van der Waals surface area (Å²) in [6.07, 6.45) is 1.82. The van der Waals surface area contributed by atoms with Gasteiger partial charge in [0, 0.05) is 17.6 Å². The molecule has 1 atom stereocenters. The Balaban J connectivity index is 2.72. The Morgan fingerprint density at radius 1 is 1.36 bits per heavy atom. The highest BCUT2D eigenvalue weighted by molar-refractivity contribution is 5.82. The van der Waals surface area contributed by atoms with Crippen molar-refractivity contribution < 1.29 is 0 Å². The van der Waals surface area contributed by atoms with E-state index in [0.717, 1.165) is 5.52 Å². The Morgan fingerprint density at radius 2 is 2.14 bits per heavy atom. The maximum Gasteiger partial charge on any atom is 0.0731 e. The zero-order valence-corrected chi connectivity index (χ0v) is 8.49. The molecular weight excluding hydrogens is 172 g/mol. The highest BCUT2D eigenvalue weighted by Crippen LogP contribution is 2.21. The van der Waals surface area contributed by atoms with Gasteiger partial charge in [0.1, 0.15) is 0 Å². The van der Waals surface area contributed by atoms with Gasteiger partial charge in [-0.15, -0.1) is 0 Å². The molecule has 2 rings (SSSR count). The van der Waals surface area contributed by atoms with Crippen molar-refractivity contribution in [2.75, 3.05) is 0 Å². The lowest BCUT2D eigenvalue weighted by Crippen LogP contribution is -2.05. The van der Waals surface area contributed by atoms with Crippen LogP contribution < -0.4 is 5.73 Å². The van der Waals surface area contributed by atoms with Gasteiger partial charge in [0.25, 0.3) is 0 Å². The van der Waals surface area contributed by atoms with Crippen molar-refractivity contribution in [3.8, 4) is 0 Å². The van der Waals surface area contributed by atoms with Gasteiger partial charge in [0.05, 0.1) is 5.52 Å². The number of nitrogens with two attached hydrogens (primary N) is 1. The van der Waals surface area contributed by atoms with Crippen LogP contribution in [0, 0.1) is 6.92 Å². The molecule has 72 valence electrons. The third-order valence-electron chi connectivity index (χ3n) is 2.44. The van der Waals surface area contributed by atoms with E-state index in [0.29, 0.717) is 0 Å². The third-order valence-corrected chi connectivity index (χ3v) is 2.44. The summed E-state index contributed by atoms with van der Waals surface area (Å²) in [4.78, 5) is 4.34. The molecule has 1 heterocycles. The quantitative estimate of drug-likeness (QED) is 0.743. The highest BCUT2D eigenvalue weighted by atomic mass is 14.7. The summed E-state index contributed by atoms with van der Waals surface area (Å²) in [5.41, 5.74) is 9.28. The summed E-state index contributed by atoms with van der Waals surface area (Å²) < 4.78 is 0. The summed E-state index contributed by atoms with van der Waals surface area (Å²) in [5.74, 6) is 0. The minimum absolute atomic E-state index is 0.0818. The molecule has 0 aliphatic carbocycles. The van der Waals surface area contributed by atoms with Crippen LogP contribution in [0.15, 0.2) is 30.5 Å². The predicted octanol–water partition coefficient (Wildman–Crippen LogP) is 2.56. The summed E-state index contributed by atoms with van der Waals surface area (Å²) in [5, 5.41) is 1.17. The number of rotatable bonds is 1. The van der Waals surface area contributed by atoms with Crippen molar-refractivity contribution in [1.82, 2.24) is 4.98 Å². The van der Waals surface area contributed by atoms with Gasteiger partial charge in [-0.25, -0.2) is 0 Å². The Hall–Kier alpha value is -1.41. The van der Waals surface area contributed by atoms with Crippen LogP contribution in [0.4, 0.5) is 0 Å². The van der Waals surface area contributed by atoms with Crippen molar-refractivity contribution in [3.63, 3.8) is 0 Å². The van der Waals surface area contributed by atoms with E-state index in [2.05, 4.69) is 30.1 Å². The van der Waals surface area contributed by atoms with Gasteiger partial charge in [-0.2, -0.15) is 0 Å². The third kappa shape index (κ3) is 1.49. The number of hydrogen-bond acceptors (Lipinski definition) is 2. The van der Waals surface area contributed by atoms with E-state index in [1.165, 1.54) is 16.5 Å². The minimum atomic E-state index is 0.0818. The van der Waals surface area contributed by atoms with Crippen LogP contribution in [0.25, 0.3) is 10.9 Å². The van der Waals surface area contributed by atoms with Crippen molar-refractivity contribution in [1.29, 1.82) is 0 Å². The summed E-state index contributed by atoms with van der Waals surface area (Å²) in [7, 11) is 0. The van der Waals surface area contributed by atoms with Crippen LogP contribution in [0.2, 0.25) is 0 Å². The van der Waals surface area contributed by atoms with Gasteiger partial charge >= 0.3 is 0 Å². The molecule has 2 nitrogen and oxygen atoms in total. The molecule has 2 N–H and O–H groups in total. The number of nitrogens with zero attached hydrogens (tertiary/aromatic N) is 1. The molecule has 2 aromatic rings. The second-order valence-corrected chi connectivity index (χ2v) is 3.70. The number of fused-ring (bicyclic) bond motifs is 1. The van der Waals surface area contributed by atoms with Crippen LogP contribution in [0.1, 0.15) is 24.1 Å². The molecule has 0 fully saturated rings. The van der Waals surface area contributed by atoms with E-state index in [4.69, 9.17) is 5.73 Å². The average Bonchev–Trinajstić information content (AvgIpc) is 2.17. The first-order valence-electron chi connectivity index (χ1n) is 4.79. The molecule has 0 radical (unpaired) electrons. The molecule has 0 saturated carbocycles. The van der Waals surface area contributed by atoms with E-state index < -0.39 is 0 Å². The monoisotopic (exact) mass is 186 g/mol. The van der Waals surface area contributed by atoms with Crippen LogP contribution in [-0.4, -0.2) is 4.98 Å². The Kier molecular flexibility index (Phi) is 2.22. The first kappa shape index (κ1) is 9.16. The lowest BCUT2D eigenvalue weighted by atomic mass is 10.0. The smallest absolute Gasteiger partial charge is 0.0731 e. The Morgan fingerprint density at radius 3 is 2.86 bits per heavy atom. The molecule has 1 unspecified atom stereocenters. The number of hydrogen-bond donors (Lipinski definition) is 1. The van der Waals surface area contributed by atoms with Crippen molar-refractivity contribution >= 4 is 10.9 Å². The summed E-state index contributed by atoms with van der Waals surface area (Å²) >= 11 is 0. The molecule has 0 amide bonds. The molecule has 0 saturated heterocycles. The van der Waals surface area contributed by atoms with Gasteiger partial charge in [0.15, 0.2) is 0 Å². The lowest BCUT2D eigenvalue weighted by molar-refractivity contribution is 0.818. The predicted molar refractivity (Wildman–Crippen MR) is 59.1 cm³/mol. The molecule has 0 spiro atoms. The van der Waals surface area contributed by atoms with Gasteiger partial charge < -0.3 is 5.73 Å². The Labute approximate surface area is 83.8 Å². The Bertz CT molecular complexity index is 461. The largest absolute Gasteiger partial charge is 0.324 e. The molecule has 14 heavy (non-hydrogen) atoms. The average molecular weight is 186 g/mol. The molecule has 0 bridgehead atoms. The molecule has 0 aliphatic heterocycles.